The number of benzene rings is 1. The van der Waals surface area contributed by atoms with Gasteiger partial charge in [0.1, 0.15) is 0 Å². The maximum atomic E-state index is 11.6. The minimum atomic E-state index is -0.709. The number of carbonyl (C=O) groups is 1. The summed E-state index contributed by atoms with van der Waals surface area (Å²) in [5, 5.41) is 10.8. The zero-order valence-electron chi connectivity index (χ0n) is 14.7. The highest BCUT2D eigenvalue weighted by Crippen LogP contribution is 2.50. The Morgan fingerprint density at radius 3 is 2.88 bits per heavy atom. The number of carboxylic acid groups (broad SMARTS) is 1. The molecule has 0 saturated carbocycles. The average Bonchev–Trinajstić information content (AvgIpc) is 2.97. The summed E-state index contributed by atoms with van der Waals surface area (Å²) in [5.74, 6) is -0.272. The summed E-state index contributed by atoms with van der Waals surface area (Å²) in [4.78, 5) is 15.2. The molecule has 0 saturated heterocycles. The smallest absolute Gasteiger partial charge is 0.304 e. The van der Waals surface area contributed by atoms with Gasteiger partial charge in [-0.2, -0.15) is 0 Å². The van der Waals surface area contributed by atoms with Crippen molar-refractivity contribution in [2.24, 2.45) is 0 Å². The SMILES string of the molecule is C=CC[C@H]1CC[C@@](CC)(CC(=O)O)c2[nH]c3c(CC)cccc3c21. The molecule has 3 nitrogen and oxygen atoms in total. The van der Waals surface area contributed by atoms with E-state index in [2.05, 4.69) is 43.6 Å². The summed E-state index contributed by atoms with van der Waals surface area (Å²) < 4.78 is 0. The summed E-state index contributed by atoms with van der Waals surface area (Å²) in [6, 6.07) is 6.48. The molecule has 1 heterocycles. The molecule has 128 valence electrons. The number of fused-ring (bicyclic) bond motifs is 3. The van der Waals surface area contributed by atoms with E-state index >= 15 is 0 Å². The number of nitrogens with one attached hydrogen (secondary N) is 1. The minimum Gasteiger partial charge on any atom is -0.481 e. The van der Waals surface area contributed by atoms with Crippen molar-refractivity contribution in [3.8, 4) is 0 Å². The molecule has 0 radical (unpaired) electrons. The summed E-state index contributed by atoms with van der Waals surface area (Å²) in [6.45, 7) is 8.21. The number of rotatable bonds is 6. The van der Waals surface area contributed by atoms with Gasteiger partial charge in [-0.05, 0) is 49.1 Å². The van der Waals surface area contributed by atoms with Gasteiger partial charge in [0, 0.05) is 22.0 Å². The molecule has 0 spiro atoms. The van der Waals surface area contributed by atoms with E-state index in [-0.39, 0.29) is 11.8 Å². The van der Waals surface area contributed by atoms with Crippen molar-refractivity contribution in [1.82, 2.24) is 4.98 Å². The third kappa shape index (κ3) is 2.56. The van der Waals surface area contributed by atoms with Crippen molar-refractivity contribution in [3.63, 3.8) is 0 Å². The van der Waals surface area contributed by atoms with Gasteiger partial charge in [0.2, 0.25) is 0 Å². The second-order valence-electron chi connectivity index (χ2n) is 7.07. The van der Waals surface area contributed by atoms with E-state index in [0.717, 1.165) is 32.1 Å². The molecular formula is C21H27NO2. The Morgan fingerprint density at radius 2 is 2.25 bits per heavy atom. The molecule has 0 aliphatic heterocycles. The number of H-pyrrole nitrogens is 1. The molecular weight excluding hydrogens is 298 g/mol. The van der Waals surface area contributed by atoms with Crippen molar-refractivity contribution in [1.29, 1.82) is 0 Å². The van der Waals surface area contributed by atoms with E-state index in [9.17, 15) is 9.90 Å². The van der Waals surface area contributed by atoms with Crippen LogP contribution in [0.4, 0.5) is 0 Å². The molecule has 0 amide bonds. The fourth-order valence-electron chi connectivity index (χ4n) is 4.54. The molecule has 0 bridgehead atoms. The molecule has 1 aromatic heterocycles. The Kier molecular flexibility index (Phi) is 4.53. The Morgan fingerprint density at radius 1 is 1.46 bits per heavy atom. The van der Waals surface area contributed by atoms with E-state index in [0.29, 0.717) is 5.92 Å². The number of aromatic amines is 1. The molecule has 2 aromatic rings. The van der Waals surface area contributed by atoms with Crippen molar-refractivity contribution in [3.05, 3.63) is 47.7 Å². The van der Waals surface area contributed by atoms with Crippen LogP contribution in [0.15, 0.2) is 30.9 Å². The molecule has 0 unspecified atom stereocenters. The Balaban J connectivity index is 2.28. The highest BCUT2D eigenvalue weighted by molar-refractivity contribution is 5.89. The second-order valence-corrected chi connectivity index (χ2v) is 7.07. The van der Waals surface area contributed by atoms with Gasteiger partial charge in [0.05, 0.1) is 6.42 Å². The van der Waals surface area contributed by atoms with Gasteiger partial charge >= 0.3 is 5.97 Å². The van der Waals surface area contributed by atoms with Gasteiger partial charge in [0.25, 0.3) is 0 Å². The molecule has 2 atom stereocenters. The van der Waals surface area contributed by atoms with Crippen LogP contribution >= 0.6 is 0 Å². The summed E-state index contributed by atoms with van der Waals surface area (Å²) >= 11 is 0. The van der Waals surface area contributed by atoms with E-state index < -0.39 is 5.97 Å². The lowest BCUT2D eigenvalue weighted by Crippen LogP contribution is -2.34. The number of hydrogen-bond acceptors (Lipinski definition) is 1. The fourth-order valence-corrected chi connectivity index (χ4v) is 4.54. The standard InChI is InChI=1S/C21H27NO2/c1-4-8-15-11-12-21(6-3,13-17(23)24)20-18(15)16-10-7-9-14(5-2)19(16)22-20/h4,7,9-10,15,22H,1,5-6,8,11-13H2,2-3H3,(H,23,24)/t15-,21-/m0/s1. The largest absolute Gasteiger partial charge is 0.481 e. The lowest BCUT2D eigenvalue weighted by Gasteiger charge is -2.38. The van der Waals surface area contributed by atoms with Crippen molar-refractivity contribution in [2.75, 3.05) is 0 Å². The second kappa shape index (κ2) is 6.46. The van der Waals surface area contributed by atoms with E-state index in [1.54, 1.807) is 0 Å². The maximum absolute atomic E-state index is 11.6. The number of para-hydroxylation sites is 1. The van der Waals surface area contributed by atoms with E-state index in [4.69, 9.17) is 0 Å². The molecule has 3 heteroatoms. The van der Waals surface area contributed by atoms with Gasteiger partial charge in [-0.15, -0.1) is 6.58 Å². The first-order chi connectivity index (χ1) is 11.6. The van der Waals surface area contributed by atoms with Crippen LogP contribution in [0.1, 0.15) is 68.7 Å². The van der Waals surface area contributed by atoms with Crippen molar-refractivity contribution in [2.45, 2.75) is 63.7 Å². The zero-order valence-corrected chi connectivity index (χ0v) is 14.7. The molecule has 1 aromatic carbocycles. The topological polar surface area (TPSA) is 53.1 Å². The van der Waals surface area contributed by atoms with Gasteiger partial charge in [-0.3, -0.25) is 4.79 Å². The molecule has 1 aliphatic rings. The highest BCUT2D eigenvalue weighted by Gasteiger charge is 2.42. The van der Waals surface area contributed by atoms with Gasteiger partial charge in [0.15, 0.2) is 0 Å². The first kappa shape index (κ1) is 16.8. The average molecular weight is 325 g/mol. The van der Waals surface area contributed by atoms with Crippen LogP contribution in [-0.2, 0) is 16.6 Å². The molecule has 1 aliphatic carbocycles. The minimum absolute atomic E-state index is 0.200. The molecule has 3 rings (SSSR count). The third-order valence-electron chi connectivity index (χ3n) is 5.87. The van der Waals surface area contributed by atoms with Crippen LogP contribution in [0.3, 0.4) is 0 Å². The van der Waals surface area contributed by atoms with Crippen LogP contribution in [0.5, 0.6) is 0 Å². The number of aryl methyl sites for hydroxylation is 1. The number of aliphatic carboxylic acids is 1. The molecule has 0 fully saturated rings. The third-order valence-corrected chi connectivity index (χ3v) is 5.87. The number of aromatic nitrogens is 1. The number of allylic oxidation sites excluding steroid dienone is 1. The van der Waals surface area contributed by atoms with Crippen LogP contribution in [0, 0.1) is 0 Å². The van der Waals surface area contributed by atoms with E-state index in [1.807, 2.05) is 6.08 Å². The van der Waals surface area contributed by atoms with Gasteiger partial charge < -0.3 is 10.1 Å². The number of hydrogen-bond donors (Lipinski definition) is 2. The van der Waals surface area contributed by atoms with Crippen molar-refractivity contribution < 1.29 is 9.90 Å². The lowest BCUT2D eigenvalue weighted by atomic mass is 9.65. The van der Waals surface area contributed by atoms with Crippen LogP contribution in [-0.4, -0.2) is 16.1 Å². The fraction of sp³-hybridized carbons (Fsp3) is 0.476. The summed E-state index contributed by atoms with van der Waals surface area (Å²) in [5.41, 5.74) is 4.74. The predicted octanol–water partition coefficient (Wildman–Crippen LogP) is 5.31. The van der Waals surface area contributed by atoms with Crippen LogP contribution < -0.4 is 0 Å². The zero-order chi connectivity index (χ0) is 17.3. The Labute approximate surface area is 143 Å². The quantitative estimate of drug-likeness (QED) is 0.707. The van der Waals surface area contributed by atoms with E-state index in [1.165, 1.54) is 27.7 Å². The maximum Gasteiger partial charge on any atom is 0.304 e. The predicted molar refractivity (Wildman–Crippen MR) is 98.7 cm³/mol. The summed E-state index contributed by atoms with van der Waals surface area (Å²) in [6.07, 6.45) is 6.92. The van der Waals surface area contributed by atoms with Gasteiger partial charge in [-0.1, -0.05) is 38.1 Å². The highest BCUT2D eigenvalue weighted by atomic mass is 16.4. The first-order valence-corrected chi connectivity index (χ1v) is 9.03. The van der Waals surface area contributed by atoms with Crippen LogP contribution in [0.2, 0.25) is 0 Å². The lowest BCUT2D eigenvalue weighted by molar-refractivity contribution is -0.138. The van der Waals surface area contributed by atoms with Crippen LogP contribution in [0.25, 0.3) is 10.9 Å². The normalized spacial score (nSPS) is 23.2. The van der Waals surface area contributed by atoms with Gasteiger partial charge in [-0.25, -0.2) is 0 Å². The molecule has 2 N–H and O–H groups in total. The summed E-state index contributed by atoms with van der Waals surface area (Å²) in [7, 11) is 0. The molecule has 24 heavy (non-hydrogen) atoms. The Hall–Kier alpha value is -2.03. The number of carboxylic acids is 1. The first-order valence-electron chi connectivity index (χ1n) is 9.03. The van der Waals surface area contributed by atoms with Crippen molar-refractivity contribution >= 4 is 16.9 Å². The Bertz CT molecular complexity index is 773. The monoisotopic (exact) mass is 325 g/mol.